The third kappa shape index (κ3) is 6.16. The maximum atomic E-state index is 12.7. The number of benzene rings is 1. The largest absolute Gasteiger partial charge is 0.467 e. The Balaban J connectivity index is 1.93. The Morgan fingerprint density at radius 1 is 1.30 bits per heavy atom. The van der Waals surface area contributed by atoms with Gasteiger partial charge in [0.05, 0.1) is 7.11 Å². The summed E-state index contributed by atoms with van der Waals surface area (Å²) < 4.78 is 10.1. The van der Waals surface area contributed by atoms with Gasteiger partial charge in [-0.05, 0) is 36.8 Å². The van der Waals surface area contributed by atoms with Crippen LogP contribution >= 0.6 is 11.8 Å². The summed E-state index contributed by atoms with van der Waals surface area (Å²) in [4.78, 5) is 38.4. The summed E-state index contributed by atoms with van der Waals surface area (Å²) in [5.41, 5.74) is 0.883. The number of likely N-dealkylation sites (tertiary alicyclic amines) is 1. The molecule has 27 heavy (non-hydrogen) atoms. The number of thioether (sulfide) groups is 1. The van der Waals surface area contributed by atoms with Gasteiger partial charge in [0.1, 0.15) is 18.7 Å². The van der Waals surface area contributed by atoms with Crippen molar-refractivity contribution in [3.05, 3.63) is 35.9 Å². The van der Waals surface area contributed by atoms with Gasteiger partial charge in [0.2, 0.25) is 5.91 Å². The van der Waals surface area contributed by atoms with Gasteiger partial charge in [-0.3, -0.25) is 9.69 Å². The summed E-state index contributed by atoms with van der Waals surface area (Å²) >= 11 is 1.58. The second-order valence-electron chi connectivity index (χ2n) is 6.26. The molecule has 1 heterocycles. The first kappa shape index (κ1) is 21.1. The highest BCUT2D eigenvalue weighted by Crippen LogP contribution is 2.19. The van der Waals surface area contributed by atoms with Crippen molar-refractivity contribution in [1.82, 2.24) is 10.2 Å². The second kappa shape index (κ2) is 10.8. The van der Waals surface area contributed by atoms with Gasteiger partial charge in [-0.2, -0.15) is 11.8 Å². The summed E-state index contributed by atoms with van der Waals surface area (Å²) in [5.74, 6) is -0.109. The standard InChI is InChI=1S/C19H26N2O5S/c1-25-18(23)15(10-12-27-2)20-17(22)16-9-6-11-21(16)19(24)26-13-14-7-4-3-5-8-14/h3-5,7-8,15-16H,6,9-13H2,1-2H3,(H,20,22)/t15-,16+/m1/s1. The average Bonchev–Trinajstić information content (AvgIpc) is 3.19. The number of hydrogen-bond donors (Lipinski definition) is 1. The van der Waals surface area contributed by atoms with E-state index in [1.54, 1.807) is 11.8 Å². The summed E-state index contributed by atoms with van der Waals surface area (Å²) in [6, 6.07) is 8.03. The number of carbonyl (C=O) groups excluding carboxylic acids is 3. The van der Waals surface area contributed by atoms with Crippen molar-refractivity contribution in [1.29, 1.82) is 0 Å². The van der Waals surface area contributed by atoms with E-state index in [1.165, 1.54) is 12.0 Å². The number of nitrogens with one attached hydrogen (secondary N) is 1. The monoisotopic (exact) mass is 394 g/mol. The quantitative estimate of drug-likeness (QED) is 0.681. The maximum absolute atomic E-state index is 12.7. The fourth-order valence-electron chi connectivity index (χ4n) is 2.95. The highest BCUT2D eigenvalue weighted by molar-refractivity contribution is 7.98. The van der Waals surface area contributed by atoms with Gasteiger partial charge >= 0.3 is 12.1 Å². The van der Waals surface area contributed by atoms with E-state index in [0.717, 1.165) is 5.56 Å². The van der Waals surface area contributed by atoms with E-state index in [4.69, 9.17) is 9.47 Å². The molecule has 1 N–H and O–H groups in total. The lowest BCUT2D eigenvalue weighted by Gasteiger charge is -2.25. The molecule has 0 radical (unpaired) electrons. The molecular weight excluding hydrogens is 368 g/mol. The van der Waals surface area contributed by atoms with Crippen LogP contribution in [0.1, 0.15) is 24.8 Å². The number of esters is 1. The van der Waals surface area contributed by atoms with E-state index in [2.05, 4.69) is 5.32 Å². The zero-order valence-corrected chi connectivity index (χ0v) is 16.5. The van der Waals surface area contributed by atoms with Gasteiger partial charge in [-0.15, -0.1) is 0 Å². The van der Waals surface area contributed by atoms with Crippen molar-refractivity contribution in [2.45, 2.75) is 38.0 Å². The Morgan fingerprint density at radius 2 is 2.04 bits per heavy atom. The number of carbonyl (C=O) groups is 3. The van der Waals surface area contributed by atoms with Crippen molar-refractivity contribution < 1.29 is 23.9 Å². The molecule has 1 saturated heterocycles. The molecule has 1 aromatic carbocycles. The van der Waals surface area contributed by atoms with E-state index < -0.39 is 24.1 Å². The van der Waals surface area contributed by atoms with Crippen LogP contribution in [-0.4, -0.2) is 60.6 Å². The predicted octanol–water partition coefficient (Wildman–Crippen LogP) is 2.20. The maximum Gasteiger partial charge on any atom is 0.410 e. The van der Waals surface area contributed by atoms with Gasteiger partial charge in [0, 0.05) is 6.54 Å². The molecule has 148 valence electrons. The normalized spacial score (nSPS) is 17.3. The number of rotatable bonds is 8. The minimum Gasteiger partial charge on any atom is -0.467 e. The van der Waals surface area contributed by atoms with E-state index >= 15 is 0 Å². The summed E-state index contributed by atoms with van der Waals surface area (Å²) in [6.07, 6.45) is 3.15. The number of amides is 2. The number of nitrogens with zero attached hydrogens (tertiary/aromatic N) is 1. The average molecular weight is 394 g/mol. The van der Waals surface area contributed by atoms with Crippen molar-refractivity contribution in [2.75, 3.05) is 25.7 Å². The Morgan fingerprint density at radius 3 is 2.70 bits per heavy atom. The van der Waals surface area contributed by atoms with Gasteiger partial charge in [0.25, 0.3) is 0 Å². The van der Waals surface area contributed by atoms with Crippen LogP contribution in [0.25, 0.3) is 0 Å². The van der Waals surface area contributed by atoms with Gasteiger partial charge in [-0.1, -0.05) is 30.3 Å². The van der Waals surface area contributed by atoms with Gasteiger partial charge in [0.15, 0.2) is 0 Å². The Kier molecular flexibility index (Phi) is 8.44. The third-order valence-electron chi connectivity index (χ3n) is 4.41. The number of ether oxygens (including phenoxy) is 2. The lowest BCUT2D eigenvalue weighted by molar-refractivity contribution is -0.145. The van der Waals surface area contributed by atoms with Crippen LogP contribution in [0.15, 0.2) is 30.3 Å². The SMILES string of the molecule is COC(=O)[C@@H](CCSC)NC(=O)[C@@H]1CCCN1C(=O)OCc1ccccc1. The van der Waals surface area contributed by atoms with Crippen LogP contribution in [-0.2, 0) is 25.7 Å². The van der Waals surface area contributed by atoms with Crippen molar-refractivity contribution in [3.8, 4) is 0 Å². The minimum absolute atomic E-state index is 0.156. The first-order valence-corrected chi connectivity index (χ1v) is 10.3. The summed E-state index contributed by atoms with van der Waals surface area (Å²) in [6.45, 7) is 0.614. The second-order valence-corrected chi connectivity index (χ2v) is 7.24. The van der Waals surface area contributed by atoms with E-state index in [0.29, 0.717) is 31.6 Å². The fraction of sp³-hybridized carbons (Fsp3) is 0.526. The van der Waals surface area contributed by atoms with E-state index in [1.807, 2.05) is 36.6 Å². The fourth-order valence-corrected chi connectivity index (χ4v) is 3.43. The van der Waals surface area contributed by atoms with Crippen LogP contribution in [0.3, 0.4) is 0 Å². The molecule has 0 saturated carbocycles. The Hall–Kier alpha value is -2.22. The first-order valence-electron chi connectivity index (χ1n) is 8.91. The van der Waals surface area contributed by atoms with Crippen LogP contribution in [0.5, 0.6) is 0 Å². The first-order chi connectivity index (χ1) is 13.1. The molecule has 1 aliphatic heterocycles. The lowest BCUT2D eigenvalue weighted by atomic mass is 10.1. The molecule has 2 amide bonds. The Bertz CT molecular complexity index is 640. The van der Waals surface area contributed by atoms with Crippen molar-refractivity contribution in [2.24, 2.45) is 0 Å². The summed E-state index contributed by atoms with van der Waals surface area (Å²) in [7, 11) is 1.30. The molecular formula is C19H26N2O5S. The van der Waals surface area contributed by atoms with Crippen molar-refractivity contribution >= 4 is 29.7 Å². The topological polar surface area (TPSA) is 84.9 Å². The summed E-state index contributed by atoms with van der Waals surface area (Å²) in [5, 5.41) is 2.73. The van der Waals surface area contributed by atoms with Crippen LogP contribution in [0.4, 0.5) is 4.79 Å². The number of hydrogen-bond acceptors (Lipinski definition) is 6. The molecule has 1 aliphatic rings. The molecule has 1 fully saturated rings. The van der Waals surface area contributed by atoms with E-state index in [9.17, 15) is 14.4 Å². The van der Waals surface area contributed by atoms with E-state index in [-0.39, 0.29) is 12.5 Å². The van der Waals surface area contributed by atoms with Crippen LogP contribution in [0.2, 0.25) is 0 Å². The Labute approximate surface area is 163 Å². The molecule has 0 unspecified atom stereocenters. The highest BCUT2D eigenvalue weighted by atomic mass is 32.2. The zero-order chi connectivity index (χ0) is 19.6. The molecule has 8 heteroatoms. The molecule has 0 spiro atoms. The van der Waals surface area contributed by atoms with Gasteiger partial charge in [-0.25, -0.2) is 9.59 Å². The highest BCUT2D eigenvalue weighted by Gasteiger charge is 2.36. The molecule has 0 aliphatic carbocycles. The minimum atomic E-state index is -0.710. The number of methoxy groups -OCH3 is 1. The van der Waals surface area contributed by atoms with Crippen molar-refractivity contribution in [3.63, 3.8) is 0 Å². The molecule has 0 bridgehead atoms. The molecule has 2 rings (SSSR count). The zero-order valence-electron chi connectivity index (χ0n) is 15.7. The van der Waals surface area contributed by atoms with Crippen LogP contribution < -0.4 is 5.32 Å². The predicted molar refractivity (Wildman–Crippen MR) is 103 cm³/mol. The molecule has 7 nitrogen and oxygen atoms in total. The lowest BCUT2D eigenvalue weighted by Crippen LogP contribution is -2.51. The smallest absolute Gasteiger partial charge is 0.410 e. The van der Waals surface area contributed by atoms with Crippen LogP contribution in [0, 0.1) is 0 Å². The molecule has 0 aromatic heterocycles. The van der Waals surface area contributed by atoms with Gasteiger partial charge < -0.3 is 14.8 Å². The third-order valence-corrected chi connectivity index (χ3v) is 5.05. The molecule has 1 aromatic rings. The molecule has 2 atom stereocenters.